The maximum atomic E-state index is 13.7. The molecule has 19 heavy (non-hydrogen) atoms. The Morgan fingerprint density at radius 1 is 1.26 bits per heavy atom. The molecule has 0 aliphatic rings. The van der Waals surface area contributed by atoms with Crippen LogP contribution in [0.1, 0.15) is 29.0 Å². The molecule has 1 heterocycles. The Labute approximate surface area is 116 Å². The van der Waals surface area contributed by atoms with Gasteiger partial charge in [-0.05, 0) is 48.5 Å². The molecule has 0 aliphatic heterocycles. The lowest BCUT2D eigenvalue weighted by Crippen LogP contribution is -2.23. The Balaban J connectivity index is 2.24. The predicted molar refractivity (Wildman–Crippen MR) is 75.5 cm³/mol. The Morgan fingerprint density at radius 3 is 2.63 bits per heavy atom. The average molecular weight is 281 g/mol. The zero-order valence-electron chi connectivity index (χ0n) is 11.0. The number of rotatable bonds is 5. The zero-order valence-corrected chi connectivity index (χ0v) is 11.9. The summed E-state index contributed by atoms with van der Waals surface area (Å²) in [6, 6.07) is 5.91. The molecule has 0 aliphatic carbocycles. The summed E-state index contributed by atoms with van der Waals surface area (Å²) < 4.78 is 26.6. The number of aryl methyl sites for hydroxylation is 1. The van der Waals surface area contributed by atoms with Crippen LogP contribution in [-0.2, 0) is 6.42 Å². The van der Waals surface area contributed by atoms with Gasteiger partial charge in [-0.2, -0.15) is 0 Å². The van der Waals surface area contributed by atoms with Crippen LogP contribution in [0.15, 0.2) is 29.6 Å². The van der Waals surface area contributed by atoms with E-state index in [1.165, 1.54) is 22.6 Å². The second-order valence-corrected chi connectivity index (χ2v) is 5.60. The highest BCUT2D eigenvalue weighted by Gasteiger charge is 2.16. The van der Waals surface area contributed by atoms with E-state index >= 15 is 0 Å². The van der Waals surface area contributed by atoms with Crippen LogP contribution in [0, 0.1) is 18.6 Å². The second-order valence-electron chi connectivity index (χ2n) is 4.48. The molecule has 1 atom stereocenters. The van der Waals surface area contributed by atoms with Crippen molar-refractivity contribution in [1.82, 2.24) is 5.32 Å². The molecule has 2 aromatic rings. The third-order valence-corrected chi connectivity index (χ3v) is 4.03. The van der Waals surface area contributed by atoms with Gasteiger partial charge in [0.2, 0.25) is 0 Å². The third kappa shape index (κ3) is 3.39. The molecule has 1 unspecified atom stereocenters. The fourth-order valence-electron chi connectivity index (χ4n) is 2.20. The number of hydrogen-bond donors (Lipinski definition) is 1. The molecule has 0 saturated heterocycles. The van der Waals surface area contributed by atoms with Crippen molar-refractivity contribution in [2.75, 3.05) is 6.54 Å². The van der Waals surface area contributed by atoms with E-state index in [1.807, 2.05) is 12.3 Å². The molecule has 0 saturated carbocycles. The van der Waals surface area contributed by atoms with Crippen molar-refractivity contribution in [1.29, 1.82) is 0 Å². The van der Waals surface area contributed by atoms with Gasteiger partial charge in [0, 0.05) is 17.0 Å². The first-order chi connectivity index (χ1) is 9.11. The molecule has 2 rings (SSSR count). The van der Waals surface area contributed by atoms with E-state index in [2.05, 4.69) is 18.3 Å². The topological polar surface area (TPSA) is 12.0 Å². The molecule has 102 valence electrons. The van der Waals surface area contributed by atoms with Crippen LogP contribution in [0.3, 0.4) is 0 Å². The normalized spacial score (nSPS) is 12.6. The monoisotopic (exact) mass is 281 g/mol. The van der Waals surface area contributed by atoms with Gasteiger partial charge in [0.15, 0.2) is 0 Å². The molecular weight excluding hydrogens is 264 g/mol. The fraction of sp³-hybridized carbons (Fsp3) is 0.333. The van der Waals surface area contributed by atoms with Gasteiger partial charge in [-0.3, -0.25) is 0 Å². The van der Waals surface area contributed by atoms with Crippen LogP contribution in [0.5, 0.6) is 0 Å². The van der Waals surface area contributed by atoms with Gasteiger partial charge in [-0.15, -0.1) is 11.3 Å². The van der Waals surface area contributed by atoms with Crippen LogP contribution in [0.4, 0.5) is 8.78 Å². The number of benzene rings is 1. The summed E-state index contributed by atoms with van der Waals surface area (Å²) in [5, 5.41) is 5.40. The van der Waals surface area contributed by atoms with E-state index in [-0.39, 0.29) is 6.04 Å². The Hall–Kier alpha value is -1.26. The van der Waals surface area contributed by atoms with E-state index < -0.39 is 11.6 Å². The Kier molecular flexibility index (Phi) is 4.66. The number of nitrogens with one attached hydrogen (secondary N) is 1. The minimum Gasteiger partial charge on any atom is -0.310 e. The Bertz CT molecular complexity index is 551. The molecular formula is C15H17F2NS. The maximum Gasteiger partial charge on any atom is 0.129 e. The first-order valence-electron chi connectivity index (χ1n) is 6.33. The Morgan fingerprint density at radius 2 is 2.05 bits per heavy atom. The van der Waals surface area contributed by atoms with Crippen molar-refractivity contribution in [2.24, 2.45) is 0 Å². The summed E-state index contributed by atoms with van der Waals surface area (Å²) in [7, 11) is 0. The first-order valence-corrected chi connectivity index (χ1v) is 7.21. The lowest BCUT2D eigenvalue weighted by molar-refractivity contribution is 0.520. The van der Waals surface area contributed by atoms with Gasteiger partial charge in [-0.25, -0.2) is 8.78 Å². The minimum atomic E-state index is -0.534. The largest absolute Gasteiger partial charge is 0.310 e. The van der Waals surface area contributed by atoms with Crippen molar-refractivity contribution in [3.05, 3.63) is 57.3 Å². The lowest BCUT2D eigenvalue weighted by atomic mass is 9.99. The van der Waals surface area contributed by atoms with Crippen molar-refractivity contribution in [3.8, 4) is 0 Å². The summed E-state index contributed by atoms with van der Waals surface area (Å²) in [6.07, 6.45) is 0.525. The number of halogens is 2. The van der Waals surface area contributed by atoms with E-state index in [9.17, 15) is 8.78 Å². The molecule has 1 N–H and O–H groups in total. The summed E-state index contributed by atoms with van der Waals surface area (Å²) in [5.41, 5.74) is 1.73. The molecule has 0 spiro atoms. The number of thiophene rings is 1. The van der Waals surface area contributed by atoms with Gasteiger partial charge in [0.1, 0.15) is 11.6 Å². The van der Waals surface area contributed by atoms with E-state index in [1.54, 1.807) is 11.3 Å². The van der Waals surface area contributed by atoms with E-state index in [0.29, 0.717) is 12.0 Å². The standard InChI is InChI=1S/C15H17F2NS/c1-3-18-15(13-6-7-19-10(13)2)8-11-4-5-12(16)9-14(11)17/h4-7,9,15,18H,3,8H2,1-2H3. The smallest absolute Gasteiger partial charge is 0.129 e. The summed E-state index contributed by atoms with van der Waals surface area (Å²) in [5.74, 6) is -1.01. The highest BCUT2D eigenvalue weighted by molar-refractivity contribution is 7.10. The van der Waals surface area contributed by atoms with Crippen molar-refractivity contribution >= 4 is 11.3 Å². The van der Waals surface area contributed by atoms with Crippen LogP contribution in [0.2, 0.25) is 0 Å². The van der Waals surface area contributed by atoms with Crippen molar-refractivity contribution < 1.29 is 8.78 Å². The van der Waals surface area contributed by atoms with Gasteiger partial charge in [0.25, 0.3) is 0 Å². The lowest BCUT2D eigenvalue weighted by Gasteiger charge is -2.18. The van der Waals surface area contributed by atoms with Gasteiger partial charge in [-0.1, -0.05) is 13.0 Å². The molecule has 0 amide bonds. The quantitative estimate of drug-likeness (QED) is 0.865. The SMILES string of the molecule is CCNC(Cc1ccc(F)cc1F)c1ccsc1C. The van der Waals surface area contributed by atoms with Gasteiger partial charge < -0.3 is 5.32 Å². The summed E-state index contributed by atoms with van der Waals surface area (Å²) in [4.78, 5) is 1.23. The molecule has 1 aromatic carbocycles. The van der Waals surface area contributed by atoms with Crippen molar-refractivity contribution in [3.63, 3.8) is 0 Å². The van der Waals surface area contributed by atoms with Crippen LogP contribution in [0.25, 0.3) is 0 Å². The molecule has 1 aromatic heterocycles. The first kappa shape index (κ1) is 14.2. The fourth-order valence-corrected chi connectivity index (χ4v) is 2.97. The minimum absolute atomic E-state index is 0.0659. The molecule has 4 heteroatoms. The van der Waals surface area contributed by atoms with E-state index in [0.717, 1.165) is 12.6 Å². The third-order valence-electron chi connectivity index (χ3n) is 3.16. The van der Waals surface area contributed by atoms with E-state index in [4.69, 9.17) is 0 Å². The zero-order chi connectivity index (χ0) is 13.8. The van der Waals surface area contributed by atoms with Gasteiger partial charge >= 0.3 is 0 Å². The van der Waals surface area contributed by atoms with Crippen LogP contribution in [-0.4, -0.2) is 6.54 Å². The molecule has 0 bridgehead atoms. The molecule has 1 nitrogen and oxygen atoms in total. The van der Waals surface area contributed by atoms with Crippen LogP contribution >= 0.6 is 11.3 Å². The van der Waals surface area contributed by atoms with Gasteiger partial charge in [0.05, 0.1) is 0 Å². The summed E-state index contributed by atoms with van der Waals surface area (Å²) in [6.45, 7) is 4.89. The highest BCUT2D eigenvalue weighted by Crippen LogP contribution is 2.26. The number of likely N-dealkylation sites (N-methyl/N-ethyl adjacent to an activating group) is 1. The number of hydrogen-bond acceptors (Lipinski definition) is 2. The molecule has 0 radical (unpaired) electrons. The average Bonchev–Trinajstić information content (AvgIpc) is 2.78. The van der Waals surface area contributed by atoms with Crippen LogP contribution < -0.4 is 5.32 Å². The second kappa shape index (κ2) is 6.26. The maximum absolute atomic E-state index is 13.7. The predicted octanol–water partition coefficient (Wildman–Crippen LogP) is 4.23. The highest BCUT2D eigenvalue weighted by atomic mass is 32.1. The molecule has 0 fully saturated rings. The summed E-state index contributed by atoms with van der Waals surface area (Å²) >= 11 is 1.68. The van der Waals surface area contributed by atoms with Crippen molar-refractivity contribution in [2.45, 2.75) is 26.3 Å².